The van der Waals surface area contributed by atoms with E-state index in [4.69, 9.17) is 9.47 Å². The number of fused-ring (bicyclic) bond motifs is 6. The summed E-state index contributed by atoms with van der Waals surface area (Å²) in [6.07, 6.45) is 10.1. The molecular formula is C24H30O5. The molecule has 0 radical (unpaired) electrons. The highest BCUT2D eigenvalue weighted by Gasteiger charge is 2.67. The predicted octanol–water partition coefficient (Wildman–Crippen LogP) is 3.91. The Bertz CT molecular complexity index is 868. The molecule has 1 saturated heterocycles. The number of methoxy groups -OCH3 is 1. The third-order valence-electron chi connectivity index (χ3n) is 9.23. The number of hydrogen-bond acceptors (Lipinski definition) is 5. The van der Waals surface area contributed by atoms with Gasteiger partial charge >= 0.3 is 11.9 Å². The number of carbonyl (C=O) groups excluding carboxylic acids is 3. The molecule has 156 valence electrons. The summed E-state index contributed by atoms with van der Waals surface area (Å²) in [5.74, 6) is 0.00356. The lowest BCUT2D eigenvalue weighted by Crippen LogP contribution is -2.53. The Kier molecular flexibility index (Phi) is 3.98. The molecule has 5 rings (SSSR count). The van der Waals surface area contributed by atoms with Crippen LogP contribution in [0.5, 0.6) is 0 Å². The summed E-state index contributed by atoms with van der Waals surface area (Å²) < 4.78 is 11.2. The molecule has 1 spiro atoms. The van der Waals surface area contributed by atoms with E-state index in [2.05, 4.69) is 19.9 Å². The Morgan fingerprint density at radius 2 is 1.97 bits per heavy atom. The van der Waals surface area contributed by atoms with E-state index in [1.165, 1.54) is 12.7 Å². The zero-order valence-electron chi connectivity index (χ0n) is 17.6. The number of ether oxygens (including phenoxy) is 2. The molecule has 4 aliphatic carbocycles. The van der Waals surface area contributed by atoms with E-state index >= 15 is 0 Å². The molecule has 0 aromatic carbocycles. The molecule has 5 heteroatoms. The maximum Gasteiger partial charge on any atom is 0.309 e. The molecular weight excluding hydrogens is 368 g/mol. The number of allylic oxidation sites excluding steroid dienone is 4. The van der Waals surface area contributed by atoms with Gasteiger partial charge in [-0.15, -0.1) is 0 Å². The Morgan fingerprint density at radius 3 is 2.66 bits per heavy atom. The van der Waals surface area contributed by atoms with Crippen molar-refractivity contribution in [3.05, 3.63) is 23.3 Å². The van der Waals surface area contributed by atoms with Crippen molar-refractivity contribution in [2.45, 2.75) is 70.8 Å². The zero-order chi connectivity index (χ0) is 20.6. The van der Waals surface area contributed by atoms with Crippen LogP contribution in [0.2, 0.25) is 0 Å². The van der Waals surface area contributed by atoms with Gasteiger partial charge in [0.05, 0.1) is 13.0 Å². The van der Waals surface area contributed by atoms with Crippen molar-refractivity contribution in [2.24, 2.45) is 28.6 Å². The normalized spacial score (nSPS) is 45.7. The van der Waals surface area contributed by atoms with Gasteiger partial charge in [0, 0.05) is 23.7 Å². The quantitative estimate of drug-likeness (QED) is 0.495. The SMILES string of the molecule is COC(=O)[C@H]1CC2=CC(=O)CC[C@]2(C)C2=CC[C@@]3(C)C(CCC34CCC(=O)O4)C21. The third-order valence-corrected chi connectivity index (χ3v) is 9.23. The highest BCUT2D eigenvalue weighted by molar-refractivity contribution is 5.92. The first-order valence-electron chi connectivity index (χ1n) is 11.0. The van der Waals surface area contributed by atoms with Crippen molar-refractivity contribution in [2.75, 3.05) is 7.11 Å². The Hall–Kier alpha value is -1.91. The van der Waals surface area contributed by atoms with Crippen molar-refractivity contribution >= 4 is 17.7 Å². The van der Waals surface area contributed by atoms with Crippen LogP contribution in [0.1, 0.15) is 65.2 Å². The van der Waals surface area contributed by atoms with E-state index in [-0.39, 0.29) is 46.3 Å². The standard InChI is InChI=1S/C24H30O5/c1-22-8-4-15(25)12-14(22)13-16(21(27)28-3)20-17(22)5-9-23(2)18(20)6-10-24(23)11-7-19(26)29-24/h5,12,16,18,20H,4,6-11,13H2,1-3H3/t16-,18?,20?,22-,23-,24?/m0/s1. The van der Waals surface area contributed by atoms with Crippen LogP contribution in [0.15, 0.2) is 23.3 Å². The van der Waals surface area contributed by atoms with Crippen LogP contribution in [0, 0.1) is 28.6 Å². The molecule has 0 aromatic rings. The second-order valence-corrected chi connectivity index (χ2v) is 10.2. The fourth-order valence-corrected chi connectivity index (χ4v) is 7.53. The van der Waals surface area contributed by atoms with Gasteiger partial charge in [0.2, 0.25) is 0 Å². The lowest BCUT2D eigenvalue weighted by atomic mass is 9.48. The number of esters is 2. The number of rotatable bonds is 1. The van der Waals surface area contributed by atoms with Crippen molar-refractivity contribution < 1.29 is 23.9 Å². The predicted molar refractivity (Wildman–Crippen MR) is 106 cm³/mol. The first-order valence-corrected chi connectivity index (χ1v) is 11.0. The molecule has 0 N–H and O–H groups in total. The van der Waals surface area contributed by atoms with Crippen LogP contribution in [0.4, 0.5) is 0 Å². The van der Waals surface area contributed by atoms with Gasteiger partial charge in [0.15, 0.2) is 5.78 Å². The van der Waals surface area contributed by atoms with Crippen LogP contribution in [0.25, 0.3) is 0 Å². The van der Waals surface area contributed by atoms with E-state index in [0.29, 0.717) is 19.3 Å². The molecule has 29 heavy (non-hydrogen) atoms. The molecule has 5 aliphatic rings. The largest absolute Gasteiger partial charge is 0.469 e. The van der Waals surface area contributed by atoms with Gasteiger partial charge in [-0.1, -0.05) is 31.1 Å². The first-order chi connectivity index (χ1) is 13.7. The van der Waals surface area contributed by atoms with E-state index in [9.17, 15) is 14.4 Å². The molecule has 0 aromatic heterocycles. The fourth-order valence-electron chi connectivity index (χ4n) is 7.53. The molecule has 3 unspecified atom stereocenters. The molecule has 3 fully saturated rings. The third kappa shape index (κ3) is 2.36. The van der Waals surface area contributed by atoms with E-state index in [0.717, 1.165) is 37.7 Å². The fraction of sp³-hybridized carbons (Fsp3) is 0.708. The minimum Gasteiger partial charge on any atom is -0.469 e. The van der Waals surface area contributed by atoms with Crippen LogP contribution in [-0.4, -0.2) is 30.4 Å². The van der Waals surface area contributed by atoms with Gasteiger partial charge in [0.1, 0.15) is 5.60 Å². The topological polar surface area (TPSA) is 69.7 Å². The van der Waals surface area contributed by atoms with Gasteiger partial charge in [-0.2, -0.15) is 0 Å². The van der Waals surface area contributed by atoms with Crippen molar-refractivity contribution in [1.82, 2.24) is 0 Å². The molecule has 0 bridgehead atoms. The van der Waals surface area contributed by atoms with Crippen molar-refractivity contribution in [3.8, 4) is 0 Å². The van der Waals surface area contributed by atoms with Crippen LogP contribution in [-0.2, 0) is 23.9 Å². The van der Waals surface area contributed by atoms with Crippen molar-refractivity contribution in [3.63, 3.8) is 0 Å². The van der Waals surface area contributed by atoms with Crippen LogP contribution in [0.3, 0.4) is 0 Å². The second kappa shape index (κ2) is 6.05. The molecule has 2 saturated carbocycles. The molecule has 1 aliphatic heterocycles. The van der Waals surface area contributed by atoms with Crippen LogP contribution >= 0.6 is 0 Å². The number of ketones is 1. The monoisotopic (exact) mass is 398 g/mol. The van der Waals surface area contributed by atoms with Gasteiger partial charge in [-0.3, -0.25) is 14.4 Å². The highest BCUT2D eigenvalue weighted by atomic mass is 16.6. The molecule has 0 amide bonds. The van der Waals surface area contributed by atoms with E-state index < -0.39 is 5.60 Å². The summed E-state index contributed by atoms with van der Waals surface area (Å²) >= 11 is 0. The summed E-state index contributed by atoms with van der Waals surface area (Å²) in [7, 11) is 1.46. The minimum absolute atomic E-state index is 0.0854. The lowest BCUT2D eigenvalue weighted by Gasteiger charge is -2.56. The molecule has 6 atom stereocenters. The van der Waals surface area contributed by atoms with Crippen molar-refractivity contribution in [1.29, 1.82) is 0 Å². The summed E-state index contributed by atoms with van der Waals surface area (Å²) in [6.45, 7) is 4.52. The molecule has 5 nitrogen and oxygen atoms in total. The Morgan fingerprint density at radius 1 is 1.17 bits per heavy atom. The minimum atomic E-state index is -0.392. The summed E-state index contributed by atoms with van der Waals surface area (Å²) in [6, 6.07) is 0. The molecule has 1 heterocycles. The highest BCUT2D eigenvalue weighted by Crippen LogP contribution is 2.69. The summed E-state index contributed by atoms with van der Waals surface area (Å²) in [5, 5.41) is 0. The second-order valence-electron chi connectivity index (χ2n) is 10.2. The van der Waals surface area contributed by atoms with Gasteiger partial charge in [0.25, 0.3) is 0 Å². The van der Waals surface area contributed by atoms with Gasteiger partial charge in [-0.05, 0) is 56.4 Å². The maximum absolute atomic E-state index is 12.9. The Labute approximate surface area is 171 Å². The maximum atomic E-state index is 12.9. The van der Waals surface area contributed by atoms with Gasteiger partial charge < -0.3 is 9.47 Å². The summed E-state index contributed by atoms with van der Waals surface area (Å²) in [4.78, 5) is 37.1. The summed E-state index contributed by atoms with van der Waals surface area (Å²) in [5.41, 5.74) is 1.72. The average molecular weight is 398 g/mol. The number of hydrogen-bond donors (Lipinski definition) is 0. The lowest BCUT2D eigenvalue weighted by molar-refractivity contribution is -0.163. The number of carbonyl (C=O) groups is 3. The van der Waals surface area contributed by atoms with E-state index in [1.807, 2.05) is 0 Å². The Balaban J connectivity index is 1.63. The first kappa shape index (κ1) is 19.1. The van der Waals surface area contributed by atoms with Gasteiger partial charge in [-0.25, -0.2) is 0 Å². The van der Waals surface area contributed by atoms with Crippen LogP contribution < -0.4 is 0 Å². The average Bonchev–Trinajstić information content (AvgIpc) is 3.22. The van der Waals surface area contributed by atoms with E-state index in [1.54, 1.807) is 6.08 Å². The zero-order valence-corrected chi connectivity index (χ0v) is 17.6. The smallest absolute Gasteiger partial charge is 0.309 e.